The lowest BCUT2D eigenvalue weighted by atomic mass is 10.0. The average Bonchev–Trinajstić information content (AvgIpc) is 2.50. The largest absolute Gasteiger partial charge is 0.397 e. The number of hydrogen-bond acceptors (Lipinski definition) is 5. The summed E-state index contributed by atoms with van der Waals surface area (Å²) < 4.78 is 30.7. The summed E-state index contributed by atoms with van der Waals surface area (Å²) in [4.78, 5) is 0. The van der Waals surface area contributed by atoms with Crippen molar-refractivity contribution in [2.45, 2.75) is 31.7 Å². The Morgan fingerprint density at radius 2 is 2.04 bits per heavy atom. The molecule has 9 heteroatoms. The molecule has 0 amide bonds. The fourth-order valence-electron chi connectivity index (χ4n) is 2.20. The van der Waals surface area contributed by atoms with Crippen molar-refractivity contribution in [3.63, 3.8) is 0 Å². The second kappa shape index (κ2) is 9.29. The lowest BCUT2D eigenvalue weighted by Crippen LogP contribution is -2.43. The molecule has 0 bridgehead atoms. The summed E-state index contributed by atoms with van der Waals surface area (Å²) in [6.45, 7) is 1.67. The van der Waals surface area contributed by atoms with Crippen molar-refractivity contribution in [2.75, 3.05) is 7.11 Å². The molecule has 1 rings (SSSR count). The van der Waals surface area contributed by atoms with Gasteiger partial charge in [-0.05, 0) is 19.1 Å². The van der Waals surface area contributed by atoms with Gasteiger partial charge in [-0.15, -0.1) is 0 Å². The van der Waals surface area contributed by atoms with Crippen LogP contribution in [0.4, 0.5) is 8.78 Å². The van der Waals surface area contributed by atoms with Crippen LogP contribution in [0.15, 0.2) is 29.5 Å². The molecule has 5 N–H and O–H groups in total. The Morgan fingerprint density at radius 3 is 2.50 bits per heavy atom. The zero-order valence-electron chi connectivity index (χ0n) is 13.1. The van der Waals surface area contributed by atoms with Gasteiger partial charge in [-0.1, -0.05) is 29.3 Å². The van der Waals surface area contributed by atoms with Crippen LogP contribution in [-0.4, -0.2) is 37.1 Å². The van der Waals surface area contributed by atoms with Gasteiger partial charge < -0.3 is 21.0 Å². The lowest BCUT2D eigenvalue weighted by Gasteiger charge is -2.28. The number of rotatable bonds is 8. The van der Waals surface area contributed by atoms with Gasteiger partial charge in [0.15, 0.2) is 0 Å². The van der Waals surface area contributed by atoms with Crippen molar-refractivity contribution in [3.05, 3.63) is 45.1 Å². The van der Waals surface area contributed by atoms with E-state index < -0.39 is 36.1 Å². The van der Waals surface area contributed by atoms with Crippen molar-refractivity contribution in [2.24, 2.45) is 5.73 Å². The van der Waals surface area contributed by atoms with E-state index in [2.05, 4.69) is 5.32 Å². The molecule has 0 saturated carbocycles. The van der Waals surface area contributed by atoms with Crippen molar-refractivity contribution >= 4 is 29.4 Å². The Bertz CT molecular complexity index is 614. The number of ether oxygens (including phenoxy) is 1. The first-order valence-electron chi connectivity index (χ1n) is 6.92. The van der Waals surface area contributed by atoms with Gasteiger partial charge in [-0.2, -0.15) is 0 Å². The number of aliphatic hydroxyl groups excluding tert-OH is 1. The summed E-state index contributed by atoms with van der Waals surface area (Å²) in [7, 11) is 1.45. The second-order valence-electron chi connectivity index (χ2n) is 5.04. The van der Waals surface area contributed by atoms with Gasteiger partial charge in [-0.25, -0.2) is 8.78 Å². The quantitative estimate of drug-likeness (QED) is 0.411. The predicted molar refractivity (Wildman–Crippen MR) is 90.8 cm³/mol. The summed E-state index contributed by atoms with van der Waals surface area (Å²) in [5.74, 6) is 0. The normalized spacial score (nSPS) is 16.5. The van der Waals surface area contributed by atoms with Crippen molar-refractivity contribution < 1.29 is 18.6 Å². The number of allylic oxidation sites excluding steroid dienone is 1. The molecule has 5 nitrogen and oxygen atoms in total. The molecule has 3 atom stereocenters. The maximum atomic E-state index is 12.7. The molecule has 0 spiro atoms. The number of hydrogen-bond donors (Lipinski definition) is 4. The molecule has 1 aromatic rings. The molecule has 3 unspecified atom stereocenters. The number of nitrogens with one attached hydrogen (secondary N) is 2. The number of halogens is 4. The van der Waals surface area contributed by atoms with E-state index in [1.54, 1.807) is 25.1 Å². The molecular formula is C15H19Cl2F2N3O2. The highest BCUT2D eigenvalue weighted by molar-refractivity contribution is 6.35. The second-order valence-corrected chi connectivity index (χ2v) is 5.88. The maximum absolute atomic E-state index is 12.7. The molecule has 0 saturated heterocycles. The van der Waals surface area contributed by atoms with E-state index in [0.717, 1.165) is 0 Å². The van der Waals surface area contributed by atoms with Crippen LogP contribution in [0.3, 0.4) is 0 Å². The van der Waals surface area contributed by atoms with E-state index in [4.69, 9.17) is 39.1 Å². The van der Waals surface area contributed by atoms with Gasteiger partial charge in [0.1, 0.15) is 6.23 Å². The Morgan fingerprint density at radius 1 is 1.42 bits per heavy atom. The fourth-order valence-corrected chi connectivity index (χ4v) is 2.72. The zero-order chi connectivity index (χ0) is 18.4. The molecule has 134 valence electrons. The molecule has 0 fully saturated rings. The smallest absolute Gasteiger partial charge is 0.278 e. The first kappa shape index (κ1) is 20.8. The zero-order valence-corrected chi connectivity index (χ0v) is 14.6. The van der Waals surface area contributed by atoms with E-state index in [1.165, 1.54) is 7.11 Å². The van der Waals surface area contributed by atoms with Gasteiger partial charge in [0.2, 0.25) is 0 Å². The van der Waals surface area contributed by atoms with Crippen LogP contribution in [-0.2, 0) is 4.74 Å². The van der Waals surface area contributed by atoms with Gasteiger partial charge in [0, 0.05) is 40.5 Å². The Labute approximate surface area is 148 Å². The molecule has 0 heterocycles. The molecule has 0 aromatic heterocycles. The van der Waals surface area contributed by atoms with Crippen LogP contribution in [0, 0.1) is 5.41 Å². The number of alkyl halides is 2. The maximum Gasteiger partial charge on any atom is 0.278 e. The minimum Gasteiger partial charge on any atom is -0.397 e. The van der Waals surface area contributed by atoms with E-state index in [0.29, 0.717) is 21.8 Å². The molecule has 0 aliphatic carbocycles. The van der Waals surface area contributed by atoms with E-state index in [9.17, 15) is 13.9 Å². The molecule has 0 radical (unpaired) electrons. The van der Waals surface area contributed by atoms with E-state index in [1.807, 2.05) is 0 Å². The van der Waals surface area contributed by atoms with Gasteiger partial charge in [-0.3, -0.25) is 5.32 Å². The summed E-state index contributed by atoms with van der Waals surface area (Å²) in [6.07, 6.45) is -4.54. The molecule has 0 aliphatic heterocycles. The Kier molecular flexibility index (Phi) is 8.05. The third kappa shape index (κ3) is 5.12. The van der Waals surface area contributed by atoms with E-state index in [-0.39, 0.29) is 0 Å². The fraction of sp³-hybridized carbons (Fsp3) is 0.400. The SMILES string of the molecule is COC(c1ccc(Cl)cc1Cl)C(C)NC(O)C(C=N)=C(N)C(F)F. The number of aliphatic hydroxyl groups is 1. The van der Waals surface area contributed by atoms with Crippen LogP contribution >= 0.6 is 23.2 Å². The van der Waals surface area contributed by atoms with Crippen LogP contribution < -0.4 is 11.1 Å². The number of nitrogens with two attached hydrogens (primary N) is 1. The molecular weight excluding hydrogens is 363 g/mol. The highest BCUT2D eigenvalue weighted by Gasteiger charge is 2.26. The van der Waals surface area contributed by atoms with Crippen LogP contribution in [0.2, 0.25) is 10.0 Å². The molecule has 1 aromatic carbocycles. The van der Waals surface area contributed by atoms with E-state index >= 15 is 0 Å². The highest BCUT2D eigenvalue weighted by Crippen LogP contribution is 2.30. The number of methoxy groups -OCH3 is 1. The Balaban J connectivity index is 3.00. The van der Waals surface area contributed by atoms with Crippen molar-refractivity contribution in [1.29, 1.82) is 5.41 Å². The summed E-state index contributed by atoms with van der Waals surface area (Å²) in [6, 6.07) is 4.31. The monoisotopic (exact) mass is 381 g/mol. The third-order valence-corrected chi connectivity index (χ3v) is 3.98. The third-order valence-electron chi connectivity index (χ3n) is 3.42. The first-order valence-corrected chi connectivity index (χ1v) is 7.68. The predicted octanol–water partition coefficient (Wildman–Crippen LogP) is 3.10. The lowest BCUT2D eigenvalue weighted by molar-refractivity contribution is 0.0497. The van der Waals surface area contributed by atoms with Gasteiger partial charge in [0.05, 0.1) is 11.8 Å². The van der Waals surface area contributed by atoms with Crippen molar-refractivity contribution in [3.8, 4) is 0 Å². The average molecular weight is 382 g/mol. The number of benzene rings is 1. The van der Waals surface area contributed by atoms with Crippen molar-refractivity contribution in [1.82, 2.24) is 5.32 Å². The van der Waals surface area contributed by atoms with Crippen LogP contribution in [0.25, 0.3) is 0 Å². The minimum absolute atomic E-state index is 0.368. The van der Waals surface area contributed by atoms with Gasteiger partial charge in [0.25, 0.3) is 6.43 Å². The van der Waals surface area contributed by atoms with Crippen LogP contribution in [0.5, 0.6) is 0 Å². The molecule has 0 aliphatic rings. The highest BCUT2D eigenvalue weighted by atomic mass is 35.5. The summed E-state index contributed by atoms with van der Waals surface area (Å²) in [5.41, 5.74) is 4.56. The van der Waals surface area contributed by atoms with Crippen LogP contribution in [0.1, 0.15) is 18.6 Å². The molecule has 24 heavy (non-hydrogen) atoms. The Hall–Kier alpha value is -1.25. The minimum atomic E-state index is -2.97. The summed E-state index contributed by atoms with van der Waals surface area (Å²) >= 11 is 12.0. The summed E-state index contributed by atoms with van der Waals surface area (Å²) in [5, 5.41) is 20.7. The topological polar surface area (TPSA) is 91.4 Å². The standard InChI is InChI=1S/C15H19Cl2F2N3O2/c1-7(22-15(23)10(6-20)12(21)14(18)19)13(24-2)9-4-3-8(16)5-11(9)17/h3-7,13-15,20,22-23H,21H2,1-2H3. The first-order chi connectivity index (χ1) is 11.2. The van der Waals surface area contributed by atoms with Gasteiger partial charge >= 0.3 is 0 Å².